The fourth-order valence-electron chi connectivity index (χ4n) is 0.956. The van der Waals surface area contributed by atoms with Gasteiger partial charge in [-0.25, -0.2) is 0 Å². The van der Waals surface area contributed by atoms with Crippen LogP contribution in [0.3, 0.4) is 0 Å². The maximum atomic E-state index is 11.2. The molecule has 0 unspecified atom stereocenters. The molecule has 1 amide bonds. The van der Waals surface area contributed by atoms with E-state index in [1.807, 2.05) is 27.0 Å². The van der Waals surface area contributed by atoms with Gasteiger partial charge in [0.25, 0.3) is 0 Å². The third-order valence-corrected chi connectivity index (χ3v) is 1.88. The number of hydrogen-bond acceptors (Lipinski definition) is 3. The molecule has 5 nitrogen and oxygen atoms in total. The van der Waals surface area contributed by atoms with E-state index in [0.29, 0.717) is 6.54 Å². The van der Waals surface area contributed by atoms with Gasteiger partial charge in [-0.3, -0.25) is 9.48 Å². The monoisotopic (exact) mass is 198 g/mol. The van der Waals surface area contributed by atoms with Crippen LogP contribution in [0.4, 0.5) is 0 Å². The Morgan fingerprint density at radius 2 is 2.43 bits per heavy atom. The lowest BCUT2D eigenvalue weighted by Gasteiger charge is -2.04. The van der Waals surface area contributed by atoms with Crippen molar-refractivity contribution < 1.29 is 6.22 Å². The minimum absolute atomic E-state index is 0. The quantitative estimate of drug-likeness (QED) is 0.779. The number of hydrogen-bond donors (Lipinski definition) is 1. The van der Waals surface area contributed by atoms with Crippen LogP contribution < -0.4 is 5.32 Å². The van der Waals surface area contributed by atoms with Gasteiger partial charge in [-0.15, -0.1) is 5.10 Å². The van der Waals surface area contributed by atoms with Gasteiger partial charge < -0.3 is 5.32 Å². The second-order valence-electron chi connectivity index (χ2n) is 3.44. The Bertz CT molecular complexity index is 311. The second kappa shape index (κ2) is 4.74. The Labute approximate surface area is 85.0 Å². The number of nitrogens with one attached hydrogen (secondary N) is 1. The van der Waals surface area contributed by atoms with E-state index in [1.165, 1.54) is 0 Å². The molecule has 1 aromatic heterocycles. The van der Waals surface area contributed by atoms with E-state index in [4.69, 9.17) is 0 Å². The molecule has 1 heterocycles. The van der Waals surface area contributed by atoms with Crippen molar-refractivity contribution in [2.24, 2.45) is 5.92 Å². The average molecular weight is 198 g/mol. The summed E-state index contributed by atoms with van der Waals surface area (Å²) in [6.45, 7) is 6.96. The van der Waals surface area contributed by atoms with Gasteiger partial charge in [0, 0.05) is 13.9 Å². The number of rotatable bonds is 4. The number of amides is 1. The van der Waals surface area contributed by atoms with E-state index in [1.54, 1.807) is 4.68 Å². The van der Waals surface area contributed by atoms with Gasteiger partial charge in [0.15, 0.2) is 0 Å². The van der Waals surface area contributed by atoms with Gasteiger partial charge in [-0.05, 0) is 6.92 Å². The molecule has 80 valence electrons. The fourth-order valence-corrected chi connectivity index (χ4v) is 0.956. The number of aromatic nitrogens is 3. The largest absolute Gasteiger partial charge is 0.350 e. The molecule has 1 rings (SSSR count). The highest BCUT2D eigenvalue weighted by molar-refractivity contribution is 5.77. The molecule has 0 aliphatic heterocycles. The molecule has 1 aromatic rings. The van der Waals surface area contributed by atoms with Crippen molar-refractivity contribution in [3.8, 4) is 0 Å². The van der Waals surface area contributed by atoms with Gasteiger partial charge in [0.1, 0.15) is 5.69 Å². The van der Waals surface area contributed by atoms with E-state index < -0.39 is 0 Å². The molecular formula is C9H18N4O. The first kappa shape index (κ1) is 10.7. The molecule has 0 atom stereocenters. The fraction of sp³-hybridized carbons (Fsp3) is 0.667. The zero-order valence-corrected chi connectivity index (χ0v) is 8.82. The highest BCUT2D eigenvalue weighted by Gasteiger charge is 2.07. The van der Waals surface area contributed by atoms with Crippen molar-refractivity contribution in [1.29, 1.82) is 0 Å². The highest BCUT2D eigenvalue weighted by Crippen LogP contribution is 1.95. The summed E-state index contributed by atoms with van der Waals surface area (Å²) in [4.78, 5) is 11.2. The van der Waals surface area contributed by atoms with Crippen molar-refractivity contribution in [3.05, 3.63) is 11.9 Å². The van der Waals surface area contributed by atoms with Crippen LogP contribution in [-0.2, 0) is 17.9 Å². The standard InChI is InChI=1S/C9H16N4O.H2/c1-4-13-6-8(11-12-13)5-10-9(14)7(2)3;/h6-7H,4-5H2,1-3H3,(H,10,14);1H. The molecule has 1 N–H and O–H groups in total. The topological polar surface area (TPSA) is 59.8 Å². The summed E-state index contributed by atoms with van der Waals surface area (Å²) in [6, 6.07) is 0. The van der Waals surface area contributed by atoms with Gasteiger partial charge in [-0.2, -0.15) is 0 Å². The van der Waals surface area contributed by atoms with Crippen molar-refractivity contribution in [2.75, 3.05) is 0 Å². The van der Waals surface area contributed by atoms with E-state index in [9.17, 15) is 4.79 Å². The van der Waals surface area contributed by atoms with Crippen LogP contribution in [0, 0.1) is 5.92 Å². The first-order chi connectivity index (χ1) is 6.63. The zero-order chi connectivity index (χ0) is 10.6. The molecular weight excluding hydrogens is 180 g/mol. The van der Waals surface area contributed by atoms with Crippen LogP contribution in [0.25, 0.3) is 0 Å². The van der Waals surface area contributed by atoms with Gasteiger partial charge in [0.05, 0.1) is 12.7 Å². The summed E-state index contributed by atoms with van der Waals surface area (Å²) in [5, 5.41) is 10.6. The van der Waals surface area contributed by atoms with Crippen molar-refractivity contribution in [3.63, 3.8) is 0 Å². The lowest BCUT2D eigenvalue weighted by atomic mass is 10.2. The summed E-state index contributed by atoms with van der Waals surface area (Å²) in [7, 11) is 0. The molecule has 0 fully saturated rings. The maximum Gasteiger partial charge on any atom is 0.222 e. The summed E-state index contributed by atoms with van der Waals surface area (Å²) >= 11 is 0. The van der Waals surface area contributed by atoms with Crippen molar-refractivity contribution >= 4 is 5.91 Å². The zero-order valence-electron chi connectivity index (χ0n) is 8.82. The van der Waals surface area contributed by atoms with E-state index in [2.05, 4.69) is 15.6 Å². The minimum atomic E-state index is 0. The number of aryl methyl sites for hydroxylation is 1. The number of carbonyl (C=O) groups excluding carboxylic acids is 1. The summed E-state index contributed by atoms with van der Waals surface area (Å²) < 4.78 is 1.73. The molecule has 0 aliphatic carbocycles. The van der Waals surface area contributed by atoms with Crippen LogP contribution in [0.15, 0.2) is 6.20 Å². The van der Waals surface area contributed by atoms with Gasteiger partial charge >= 0.3 is 0 Å². The Hall–Kier alpha value is -1.39. The average Bonchev–Trinajstić information content (AvgIpc) is 2.61. The van der Waals surface area contributed by atoms with Crippen LogP contribution in [0.1, 0.15) is 27.9 Å². The molecule has 5 heteroatoms. The predicted octanol–water partition coefficient (Wildman–Crippen LogP) is 0.816. The molecule has 0 bridgehead atoms. The van der Waals surface area contributed by atoms with Gasteiger partial charge in [0.2, 0.25) is 5.91 Å². The Kier molecular flexibility index (Phi) is 3.62. The first-order valence-corrected chi connectivity index (χ1v) is 4.80. The third-order valence-electron chi connectivity index (χ3n) is 1.88. The van der Waals surface area contributed by atoms with Crippen molar-refractivity contribution in [1.82, 2.24) is 20.3 Å². The first-order valence-electron chi connectivity index (χ1n) is 4.80. The summed E-state index contributed by atoms with van der Waals surface area (Å²) in [5.41, 5.74) is 0.792. The van der Waals surface area contributed by atoms with Gasteiger partial charge in [-0.1, -0.05) is 19.1 Å². The van der Waals surface area contributed by atoms with E-state index in [-0.39, 0.29) is 13.3 Å². The SMILES string of the molecule is CCn1cc(CNC(=O)C(C)C)nn1.[HH]. The summed E-state index contributed by atoms with van der Waals surface area (Å²) in [5.74, 6) is 0.0484. The molecule has 14 heavy (non-hydrogen) atoms. The van der Waals surface area contributed by atoms with E-state index in [0.717, 1.165) is 12.2 Å². The van der Waals surface area contributed by atoms with Crippen LogP contribution >= 0.6 is 0 Å². The number of carbonyl (C=O) groups is 1. The Balaban J connectivity index is 0.00000196. The maximum absolute atomic E-state index is 11.2. The predicted molar refractivity (Wildman–Crippen MR) is 54.5 cm³/mol. The molecule has 0 saturated carbocycles. The molecule has 0 radical (unpaired) electrons. The molecule has 0 aliphatic rings. The number of nitrogens with zero attached hydrogens (tertiary/aromatic N) is 3. The molecule has 0 saturated heterocycles. The highest BCUT2D eigenvalue weighted by atomic mass is 16.1. The van der Waals surface area contributed by atoms with Crippen molar-refractivity contribution in [2.45, 2.75) is 33.9 Å². The smallest absolute Gasteiger partial charge is 0.222 e. The third kappa shape index (κ3) is 2.83. The second-order valence-corrected chi connectivity index (χ2v) is 3.44. The summed E-state index contributed by atoms with van der Waals surface area (Å²) in [6.07, 6.45) is 1.83. The normalized spacial score (nSPS) is 10.6. The lowest BCUT2D eigenvalue weighted by Crippen LogP contribution is -2.27. The molecule has 0 spiro atoms. The van der Waals surface area contributed by atoms with Crippen LogP contribution in [-0.4, -0.2) is 20.9 Å². The Morgan fingerprint density at radius 1 is 1.71 bits per heavy atom. The molecule has 0 aromatic carbocycles. The minimum Gasteiger partial charge on any atom is -0.350 e. The van der Waals surface area contributed by atoms with Crippen LogP contribution in [0.5, 0.6) is 0 Å². The van der Waals surface area contributed by atoms with Crippen LogP contribution in [0.2, 0.25) is 0 Å². The van der Waals surface area contributed by atoms with E-state index >= 15 is 0 Å². The lowest BCUT2D eigenvalue weighted by molar-refractivity contribution is -0.124. The Morgan fingerprint density at radius 3 is 2.93 bits per heavy atom.